The fourth-order valence-corrected chi connectivity index (χ4v) is 1.53. The Morgan fingerprint density at radius 2 is 1.82 bits per heavy atom. The van der Waals surface area contributed by atoms with Crippen molar-refractivity contribution in [3.63, 3.8) is 0 Å². The van der Waals surface area contributed by atoms with Crippen molar-refractivity contribution in [1.82, 2.24) is 10.6 Å². The molecule has 17 heavy (non-hydrogen) atoms. The van der Waals surface area contributed by atoms with Gasteiger partial charge in [0.25, 0.3) is 0 Å². The van der Waals surface area contributed by atoms with Gasteiger partial charge in [-0.2, -0.15) is 0 Å². The number of methoxy groups -OCH3 is 1. The van der Waals surface area contributed by atoms with Crippen LogP contribution < -0.4 is 10.6 Å². The highest BCUT2D eigenvalue weighted by molar-refractivity contribution is 8.01. The molecule has 0 saturated heterocycles. The van der Waals surface area contributed by atoms with E-state index in [9.17, 15) is 9.59 Å². The minimum atomic E-state index is -0.198. The molecule has 0 aromatic carbocycles. The van der Waals surface area contributed by atoms with Gasteiger partial charge in [-0.15, -0.1) is 11.8 Å². The molecule has 2 N–H and O–H groups in total. The van der Waals surface area contributed by atoms with Crippen molar-refractivity contribution in [2.75, 3.05) is 32.6 Å². The summed E-state index contributed by atoms with van der Waals surface area (Å²) in [6.07, 6.45) is 0. The largest absolute Gasteiger partial charge is 0.383 e. The first-order valence-electron chi connectivity index (χ1n) is 5.51. The predicted molar refractivity (Wildman–Crippen MR) is 70.1 cm³/mol. The Kier molecular flexibility index (Phi) is 7.99. The number of ether oxygens (including phenoxy) is 1. The highest BCUT2D eigenvalue weighted by Gasteiger charge is 2.13. The molecule has 0 bridgehead atoms. The lowest BCUT2D eigenvalue weighted by Gasteiger charge is -2.16. The normalized spacial score (nSPS) is 11.1. The Morgan fingerprint density at radius 1 is 1.18 bits per heavy atom. The summed E-state index contributed by atoms with van der Waals surface area (Å²) in [5.41, 5.74) is 0. The van der Waals surface area contributed by atoms with Crippen LogP contribution in [-0.4, -0.2) is 49.1 Å². The topological polar surface area (TPSA) is 67.4 Å². The van der Waals surface area contributed by atoms with Crippen LogP contribution in [0.2, 0.25) is 0 Å². The molecule has 0 rings (SSSR count). The van der Waals surface area contributed by atoms with Crippen LogP contribution in [0.25, 0.3) is 0 Å². The van der Waals surface area contributed by atoms with Gasteiger partial charge in [-0.1, -0.05) is 20.8 Å². The van der Waals surface area contributed by atoms with Crippen molar-refractivity contribution in [2.24, 2.45) is 0 Å². The average Bonchev–Trinajstić information content (AvgIpc) is 2.23. The Hall–Kier alpha value is -0.750. The maximum atomic E-state index is 11.4. The lowest BCUT2D eigenvalue weighted by molar-refractivity contribution is -0.124. The first-order valence-corrected chi connectivity index (χ1v) is 6.50. The third-order valence-corrected chi connectivity index (χ3v) is 2.98. The van der Waals surface area contributed by atoms with Crippen LogP contribution in [0.1, 0.15) is 20.8 Å². The van der Waals surface area contributed by atoms with Gasteiger partial charge in [0.1, 0.15) is 0 Å². The van der Waals surface area contributed by atoms with Crippen LogP contribution in [0.3, 0.4) is 0 Å². The molecule has 2 amide bonds. The van der Waals surface area contributed by atoms with Gasteiger partial charge >= 0.3 is 0 Å². The van der Waals surface area contributed by atoms with E-state index in [0.29, 0.717) is 18.9 Å². The molecule has 5 nitrogen and oxygen atoms in total. The van der Waals surface area contributed by atoms with Gasteiger partial charge in [0.05, 0.1) is 18.9 Å². The van der Waals surface area contributed by atoms with E-state index in [0.717, 1.165) is 0 Å². The summed E-state index contributed by atoms with van der Waals surface area (Å²) in [5, 5.41) is 5.20. The number of hydrogen-bond donors (Lipinski definition) is 2. The lowest BCUT2D eigenvalue weighted by Crippen LogP contribution is -2.39. The Morgan fingerprint density at radius 3 is 2.35 bits per heavy atom. The summed E-state index contributed by atoms with van der Waals surface area (Å²) in [5.74, 6) is 0.0532. The van der Waals surface area contributed by atoms with Crippen LogP contribution >= 0.6 is 11.8 Å². The fourth-order valence-electron chi connectivity index (χ4n) is 0.867. The zero-order chi connectivity index (χ0) is 13.3. The van der Waals surface area contributed by atoms with E-state index < -0.39 is 0 Å². The number of carbonyl (C=O) groups is 2. The van der Waals surface area contributed by atoms with E-state index in [1.54, 1.807) is 18.9 Å². The highest BCUT2D eigenvalue weighted by atomic mass is 32.2. The third-order valence-electron chi connectivity index (χ3n) is 1.71. The molecule has 0 aliphatic rings. The summed E-state index contributed by atoms with van der Waals surface area (Å²) >= 11 is 1.55. The Labute approximate surface area is 107 Å². The van der Waals surface area contributed by atoms with Crippen molar-refractivity contribution in [3.05, 3.63) is 0 Å². The van der Waals surface area contributed by atoms with E-state index in [4.69, 9.17) is 4.74 Å². The molecule has 0 radical (unpaired) electrons. The van der Waals surface area contributed by atoms with Crippen LogP contribution in [0.15, 0.2) is 0 Å². The summed E-state index contributed by atoms with van der Waals surface area (Å²) in [7, 11) is 1.57. The average molecular weight is 262 g/mol. The van der Waals surface area contributed by atoms with Crippen molar-refractivity contribution in [2.45, 2.75) is 25.5 Å². The fraction of sp³-hybridized carbons (Fsp3) is 0.818. The predicted octanol–water partition coefficient (Wildman–Crippen LogP) is 0.397. The summed E-state index contributed by atoms with van der Waals surface area (Å²) < 4.78 is 4.84. The number of amides is 2. The van der Waals surface area contributed by atoms with E-state index >= 15 is 0 Å². The van der Waals surface area contributed by atoms with E-state index in [1.807, 2.05) is 20.8 Å². The SMILES string of the molecule is COCCNC(=O)CNC(=O)CSC(C)(C)C. The molecule has 100 valence electrons. The van der Waals surface area contributed by atoms with E-state index in [2.05, 4.69) is 10.6 Å². The second-order valence-electron chi connectivity index (χ2n) is 4.52. The zero-order valence-electron chi connectivity index (χ0n) is 11.0. The van der Waals surface area contributed by atoms with Gasteiger partial charge in [-0.3, -0.25) is 9.59 Å². The highest BCUT2D eigenvalue weighted by Crippen LogP contribution is 2.22. The monoisotopic (exact) mass is 262 g/mol. The van der Waals surface area contributed by atoms with Crippen LogP contribution in [0.4, 0.5) is 0 Å². The Bertz CT molecular complexity index is 252. The quantitative estimate of drug-likeness (QED) is 0.652. The standard InChI is InChI=1S/C11H22N2O3S/c1-11(2,3)17-8-10(15)13-7-9(14)12-5-6-16-4/h5-8H2,1-4H3,(H,12,14)(H,13,15). The second kappa shape index (κ2) is 8.36. The number of carbonyl (C=O) groups excluding carboxylic acids is 2. The first kappa shape index (κ1) is 16.2. The smallest absolute Gasteiger partial charge is 0.239 e. The molecule has 0 aliphatic heterocycles. The summed E-state index contributed by atoms with van der Waals surface area (Å²) in [6, 6.07) is 0. The van der Waals surface area contributed by atoms with Crippen LogP contribution in [0, 0.1) is 0 Å². The zero-order valence-corrected chi connectivity index (χ0v) is 11.8. The molecule has 0 heterocycles. The summed E-state index contributed by atoms with van der Waals surface area (Å²) in [6.45, 7) is 7.09. The third kappa shape index (κ3) is 11.5. The lowest BCUT2D eigenvalue weighted by atomic mass is 10.3. The van der Waals surface area contributed by atoms with Gasteiger partial charge in [0.2, 0.25) is 11.8 Å². The molecule has 0 unspecified atom stereocenters. The van der Waals surface area contributed by atoms with Crippen molar-refractivity contribution in [3.8, 4) is 0 Å². The van der Waals surface area contributed by atoms with Gasteiger partial charge in [0, 0.05) is 18.4 Å². The molecule has 0 fully saturated rings. The first-order chi connectivity index (χ1) is 7.85. The molecule has 0 saturated carbocycles. The molecular weight excluding hydrogens is 240 g/mol. The molecule has 0 spiro atoms. The van der Waals surface area contributed by atoms with Crippen molar-refractivity contribution < 1.29 is 14.3 Å². The molecule has 0 aromatic heterocycles. The molecule has 0 atom stereocenters. The van der Waals surface area contributed by atoms with Gasteiger partial charge in [-0.25, -0.2) is 0 Å². The maximum Gasteiger partial charge on any atom is 0.239 e. The summed E-state index contributed by atoms with van der Waals surface area (Å²) in [4.78, 5) is 22.6. The van der Waals surface area contributed by atoms with Gasteiger partial charge in [0.15, 0.2) is 0 Å². The number of thioether (sulfide) groups is 1. The van der Waals surface area contributed by atoms with Gasteiger partial charge < -0.3 is 15.4 Å². The van der Waals surface area contributed by atoms with E-state index in [-0.39, 0.29) is 23.1 Å². The number of rotatable bonds is 7. The number of hydrogen-bond acceptors (Lipinski definition) is 4. The minimum Gasteiger partial charge on any atom is -0.383 e. The Balaban J connectivity index is 3.59. The van der Waals surface area contributed by atoms with Crippen molar-refractivity contribution in [1.29, 1.82) is 0 Å². The minimum absolute atomic E-state index is 0.0211. The maximum absolute atomic E-state index is 11.4. The molecule has 0 aliphatic carbocycles. The number of nitrogens with one attached hydrogen (secondary N) is 2. The molecular formula is C11H22N2O3S. The van der Waals surface area contributed by atoms with Gasteiger partial charge in [-0.05, 0) is 0 Å². The van der Waals surface area contributed by atoms with E-state index in [1.165, 1.54) is 0 Å². The van der Waals surface area contributed by atoms with Crippen molar-refractivity contribution >= 4 is 23.6 Å². The molecule has 6 heteroatoms. The molecule has 0 aromatic rings. The van der Waals surface area contributed by atoms with Crippen LogP contribution in [0.5, 0.6) is 0 Å². The van der Waals surface area contributed by atoms with Crippen LogP contribution in [-0.2, 0) is 14.3 Å². The second-order valence-corrected chi connectivity index (χ2v) is 6.32.